The van der Waals surface area contributed by atoms with Crippen molar-refractivity contribution in [3.8, 4) is 10.6 Å². The van der Waals surface area contributed by atoms with Crippen LogP contribution in [0.5, 0.6) is 0 Å². The molecule has 1 aliphatic heterocycles. The molecule has 0 aromatic carbocycles. The minimum Gasteiger partial charge on any atom is -0.449 e. The monoisotopic (exact) mass is 400 g/mol. The lowest BCUT2D eigenvalue weighted by Crippen LogP contribution is -2.41. The average molecular weight is 400 g/mol. The van der Waals surface area contributed by atoms with Crippen molar-refractivity contribution in [2.24, 2.45) is 0 Å². The van der Waals surface area contributed by atoms with Crippen LogP contribution in [0.25, 0.3) is 21.7 Å². The largest absolute Gasteiger partial charge is 0.449 e. The fourth-order valence-electron chi connectivity index (χ4n) is 2.98. The number of amides is 3. The molecule has 0 aliphatic carbocycles. The van der Waals surface area contributed by atoms with Gasteiger partial charge in [-0.2, -0.15) is 0 Å². The molecule has 3 aromatic rings. The van der Waals surface area contributed by atoms with Crippen LogP contribution in [0.1, 0.15) is 23.0 Å². The van der Waals surface area contributed by atoms with Crippen molar-refractivity contribution >= 4 is 40.3 Å². The fourth-order valence-corrected chi connectivity index (χ4v) is 3.67. The van der Waals surface area contributed by atoms with Gasteiger partial charge in [0.05, 0.1) is 27.2 Å². The Morgan fingerprint density at radius 3 is 2.93 bits per heavy atom. The molecule has 3 amide bonds. The predicted octanol–water partition coefficient (Wildman–Crippen LogP) is 2.36. The Labute approximate surface area is 163 Å². The minimum absolute atomic E-state index is 0.206. The number of urea groups is 1. The molecule has 1 fully saturated rings. The van der Waals surface area contributed by atoms with Crippen molar-refractivity contribution in [2.75, 3.05) is 13.1 Å². The van der Waals surface area contributed by atoms with E-state index in [2.05, 4.69) is 15.5 Å². The number of ether oxygens (including phenoxy) is 1. The first-order valence-corrected chi connectivity index (χ1v) is 9.44. The summed E-state index contributed by atoms with van der Waals surface area (Å²) < 4.78 is 10.6. The number of aryl methyl sites for hydroxylation is 1. The summed E-state index contributed by atoms with van der Waals surface area (Å²) in [5.74, 6) is -1.29. The molecule has 1 aliphatic rings. The van der Waals surface area contributed by atoms with Crippen LogP contribution >= 0.6 is 11.3 Å². The average Bonchev–Trinajstić information content (AvgIpc) is 3.42. The van der Waals surface area contributed by atoms with Crippen LogP contribution in [0.2, 0.25) is 0 Å². The zero-order valence-electron chi connectivity index (χ0n) is 15.1. The number of carbonyl (C=O) groups is 3. The molecule has 1 N–H and O–H groups in total. The molecule has 0 saturated carbocycles. The maximum absolute atomic E-state index is 12.9. The third-order valence-corrected chi connectivity index (χ3v) is 5.26. The van der Waals surface area contributed by atoms with E-state index in [-0.39, 0.29) is 17.8 Å². The van der Waals surface area contributed by atoms with E-state index in [1.807, 2.05) is 17.5 Å². The molecule has 0 radical (unpaired) electrons. The second-order valence-corrected chi connectivity index (χ2v) is 7.20. The lowest BCUT2D eigenvalue weighted by molar-refractivity contribution is -0.136. The zero-order valence-corrected chi connectivity index (χ0v) is 15.9. The number of nitrogens with one attached hydrogen (secondary N) is 1. The SMILES string of the molecule is Cc1noc2nc(-c3cccs3)cc(C(=O)OC(C)C(=O)N3CCNC3=O)c12. The molecule has 1 atom stereocenters. The van der Waals surface area contributed by atoms with E-state index < -0.39 is 24.0 Å². The number of nitrogens with zero attached hydrogens (tertiary/aromatic N) is 3. The van der Waals surface area contributed by atoms with Gasteiger partial charge in [0.2, 0.25) is 0 Å². The fraction of sp³-hybridized carbons (Fsp3) is 0.278. The Kier molecular flexibility index (Phi) is 4.55. The van der Waals surface area contributed by atoms with Crippen LogP contribution in [-0.4, -0.2) is 52.1 Å². The highest BCUT2D eigenvalue weighted by atomic mass is 32.1. The van der Waals surface area contributed by atoms with E-state index in [9.17, 15) is 14.4 Å². The Morgan fingerprint density at radius 1 is 1.43 bits per heavy atom. The van der Waals surface area contributed by atoms with Gasteiger partial charge >= 0.3 is 12.0 Å². The van der Waals surface area contributed by atoms with E-state index in [0.717, 1.165) is 9.78 Å². The first-order valence-electron chi connectivity index (χ1n) is 8.57. The van der Waals surface area contributed by atoms with Gasteiger partial charge in [-0.05, 0) is 31.4 Å². The van der Waals surface area contributed by atoms with Crippen molar-refractivity contribution in [3.05, 3.63) is 34.8 Å². The number of hydrogen-bond acceptors (Lipinski definition) is 8. The molecule has 1 saturated heterocycles. The van der Waals surface area contributed by atoms with Gasteiger partial charge in [0.1, 0.15) is 0 Å². The first kappa shape index (κ1) is 18.1. The second-order valence-electron chi connectivity index (χ2n) is 6.25. The third kappa shape index (κ3) is 3.11. The Bertz CT molecular complexity index is 1080. The van der Waals surface area contributed by atoms with E-state index in [4.69, 9.17) is 9.26 Å². The van der Waals surface area contributed by atoms with Crippen LogP contribution in [0, 0.1) is 6.92 Å². The van der Waals surface area contributed by atoms with Crippen molar-refractivity contribution in [2.45, 2.75) is 20.0 Å². The van der Waals surface area contributed by atoms with Gasteiger partial charge in [-0.25, -0.2) is 14.6 Å². The van der Waals surface area contributed by atoms with Gasteiger partial charge < -0.3 is 14.6 Å². The molecule has 9 nitrogen and oxygen atoms in total. The van der Waals surface area contributed by atoms with Gasteiger partial charge in [-0.15, -0.1) is 11.3 Å². The van der Waals surface area contributed by atoms with Crippen LogP contribution in [0.4, 0.5) is 4.79 Å². The number of hydrogen-bond donors (Lipinski definition) is 1. The summed E-state index contributed by atoms with van der Waals surface area (Å²) in [5.41, 5.74) is 1.46. The molecule has 10 heteroatoms. The highest BCUT2D eigenvalue weighted by Crippen LogP contribution is 2.30. The van der Waals surface area contributed by atoms with Crippen molar-refractivity contribution in [1.29, 1.82) is 0 Å². The molecule has 1 unspecified atom stereocenters. The van der Waals surface area contributed by atoms with Gasteiger partial charge in [0.15, 0.2) is 6.10 Å². The van der Waals surface area contributed by atoms with Crippen molar-refractivity contribution in [3.63, 3.8) is 0 Å². The Hall–Kier alpha value is -3.27. The van der Waals surface area contributed by atoms with E-state index >= 15 is 0 Å². The van der Waals surface area contributed by atoms with Crippen molar-refractivity contribution in [1.82, 2.24) is 20.4 Å². The number of pyridine rings is 1. The smallest absolute Gasteiger partial charge is 0.339 e. The van der Waals surface area contributed by atoms with Crippen LogP contribution in [-0.2, 0) is 9.53 Å². The topological polar surface area (TPSA) is 115 Å². The Morgan fingerprint density at radius 2 is 2.25 bits per heavy atom. The van der Waals surface area contributed by atoms with Crippen molar-refractivity contribution < 1.29 is 23.6 Å². The number of aromatic nitrogens is 2. The quantitative estimate of drug-likeness (QED) is 0.669. The summed E-state index contributed by atoms with van der Waals surface area (Å²) in [6, 6.07) is 4.85. The number of esters is 1. The molecule has 3 aromatic heterocycles. The molecule has 4 heterocycles. The number of rotatable bonds is 4. The molecular weight excluding hydrogens is 384 g/mol. The number of fused-ring (bicyclic) bond motifs is 1. The molecule has 28 heavy (non-hydrogen) atoms. The maximum Gasteiger partial charge on any atom is 0.339 e. The van der Waals surface area contributed by atoms with Crippen LogP contribution in [0.15, 0.2) is 28.1 Å². The highest BCUT2D eigenvalue weighted by molar-refractivity contribution is 7.13. The summed E-state index contributed by atoms with van der Waals surface area (Å²) in [7, 11) is 0. The standard InChI is InChI=1S/C18H16N4O5S/c1-9-14-11(8-12(13-4-3-7-28-13)20-15(14)27-21-9)17(24)26-10(2)16(23)22-6-5-19-18(22)25/h3-4,7-8,10H,5-6H2,1-2H3,(H,19,25). The summed E-state index contributed by atoms with van der Waals surface area (Å²) >= 11 is 1.47. The second kappa shape index (κ2) is 7.04. The maximum atomic E-state index is 12.9. The minimum atomic E-state index is -1.12. The number of carbonyl (C=O) groups excluding carboxylic acids is 3. The molecule has 0 bridgehead atoms. The van der Waals surface area contributed by atoms with E-state index in [1.165, 1.54) is 18.3 Å². The van der Waals surface area contributed by atoms with Gasteiger partial charge in [-0.3, -0.25) is 9.69 Å². The highest BCUT2D eigenvalue weighted by Gasteiger charge is 2.32. The molecule has 144 valence electrons. The predicted molar refractivity (Wildman–Crippen MR) is 99.8 cm³/mol. The number of thiophene rings is 1. The first-order chi connectivity index (χ1) is 13.5. The van der Waals surface area contributed by atoms with Crippen LogP contribution < -0.4 is 5.32 Å². The zero-order chi connectivity index (χ0) is 19.8. The lowest BCUT2D eigenvalue weighted by Gasteiger charge is -2.18. The van der Waals surface area contributed by atoms with Gasteiger partial charge in [0.25, 0.3) is 11.6 Å². The van der Waals surface area contributed by atoms with Crippen LogP contribution in [0.3, 0.4) is 0 Å². The van der Waals surface area contributed by atoms with E-state index in [0.29, 0.717) is 23.3 Å². The molecular formula is C18H16N4O5S. The summed E-state index contributed by atoms with van der Waals surface area (Å²) in [4.78, 5) is 43.2. The van der Waals surface area contributed by atoms with Gasteiger partial charge in [-0.1, -0.05) is 11.2 Å². The summed E-state index contributed by atoms with van der Waals surface area (Å²) in [6.07, 6.45) is -1.12. The lowest BCUT2D eigenvalue weighted by atomic mass is 10.1. The third-order valence-electron chi connectivity index (χ3n) is 4.37. The Balaban J connectivity index is 1.65. The molecule has 4 rings (SSSR count). The normalized spacial score (nSPS) is 14.9. The summed E-state index contributed by atoms with van der Waals surface area (Å²) in [6.45, 7) is 3.75. The van der Waals surface area contributed by atoms with E-state index in [1.54, 1.807) is 13.0 Å². The summed E-state index contributed by atoms with van der Waals surface area (Å²) in [5, 5.41) is 8.75. The number of imide groups is 1. The van der Waals surface area contributed by atoms with Gasteiger partial charge in [0, 0.05) is 13.1 Å². The molecule has 0 spiro atoms.